The van der Waals surface area contributed by atoms with Crippen LogP contribution in [-0.2, 0) is 0 Å². The highest BCUT2D eigenvalue weighted by Crippen LogP contribution is 1.82. The number of nitrogens with zero attached hydrogens (tertiary/aromatic N) is 3. The van der Waals surface area contributed by atoms with Crippen molar-refractivity contribution in [1.29, 1.82) is 0 Å². The number of hydrogen-bond acceptors (Lipinski definition) is 4. The van der Waals surface area contributed by atoms with Gasteiger partial charge in [0.1, 0.15) is 5.69 Å². The summed E-state index contributed by atoms with van der Waals surface area (Å²) in [5, 5.41) is 3.82. The van der Waals surface area contributed by atoms with Gasteiger partial charge in [0.15, 0.2) is 5.11 Å². The molecule has 5 nitrogen and oxygen atoms in total. The quantitative estimate of drug-likeness (QED) is 0.370. The Morgan fingerprint density at radius 3 is 3.08 bits per heavy atom. The molecule has 0 saturated carbocycles. The Labute approximate surface area is 74.7 Å². The minimum absolute atomic E-state index is 0.121. The van der Waals surface area contributed by atoms with Gasteiger partial charge in [0, 0.05) is 12.4 Å². The highest BCUT2D eigenvalue weighted by molar-refractivity contribution is 7.80. The first-order chi connectivity index (χ1) is 5.79. The van der Waals surface area contributed by atoms with Gasteiger partial charge >= 0.3 is 0 Å². The normalized spacial score (nSPS) is 10.0. The van der Waals surface area contributed by atoms with Crippen LogP contribution >= 0.6 is 12.2 Å². The lowest BCUT2D eigenvalue weighted by Gasteiger charge is -1.92. The number of thiocarbonyl (C=S) groups is 1. The van der Waals surface area contributed by atoms with Crippen LogP contribution in [0.5, 0.6) is 0 Å². The van der Waals surface area contributed by atoms with Gasteiger partial charge in [0.25, 0.3) is 0 Å². The largest absolute Gasteiger partial charge is 0.375 e. The van der Waals surface area contributed by atoms with Crippen LogP contribution in [0.2, 0.25) is 0 Å². The summed E-state index contributed by atoms with van der Waals surface area (Å²) in [5.41, 5.74) is 8.17. The number of hydrazone groups is 1. The van der Waals surface area contributed by atoms with E-state index >= 15 is 0 Å². The second-order valence-corrected chi connectivity index (χ2v) is 2.30. The molecule has 0 aliphatic carbocycles. The molecule has 62 valence electrons. The van der Waals surface area contributed by atoms with Crippen LogP contribution in [0.1, 0.15) is 5.69 Å². The van der Waals surface area contributed by atoms with Crippen LogP contribution in [0.4, 0.5) is 0 Å². The minimum atomic E-state index is 0.121. The van der Waals surface area contributed by atoms with Gasteiger partial charge < -0.3 is 5.73 Å². The first-order valence-corrected chi connectivity index (χ1v) is 3.54. The molecule has 0 atom stereocenters. The Bertz CT molecular complexity index is 283. The summed E-state index contributed by atoms with van der Waals surface area (Å²) in [7, 11) is 0. The highest BCUT2D eigenvalue weighted by atomic mass is 32.1. The number of nitrogens with two attached hydrogens (primary N) is 1. The number of hydrogen-bond donors (Lipinski definition) is 2. The van der Waals surface area contributed by atoms with Gasteiger partial charge in [0.05, 0.1) is 12.4 Å². The topological polar surface area (TPSA) is 76.2 Å². The van der Waals surface area contributed by atoms with Gasteiger partial charge in [0.2, 0.25) is 0 Å². The first-order valence-electron chi connectivity index (χ1n) is 3.13. The van der Waals surface area contributed by atoms with Gasteiger partial charge in [-0.2, -0.15) is 5.10 Å². The lowest BCUT2D eigenvalue weighted by Crippen LogP contribution is -2.24. The Morgan fingerprint density at radius 1 is 1.67 bits per heavy atom. The van der Waals surface area contributed by atoms with Crippen molar-refractivity contribution >= 4 is 23.5 Å². The average molecular weight is 181 g/mol. The molecular weight excluding hydrogens is 174 g/mol. The highest BCUT2D eigenvalue weighted by Gasteiger charge is 1.85. The van der Waals surface area contributed by atoms with E-state index in [9.17, 15) is 0 Å². The molecule has 0 amide bonds. The Balaban J connectivity index is 2.52. The molecule has 0 aliphatic heterocycles. The van der Waals surface area contributed by atoms with E-state index in [1.165, 1.54) is 6.21 Å². The van der Waals surface area contributed by atoms with E-state index in [0.717, 1.165) is 0 Å². The van der Waals surface area contributed by atoms with Crippen molar-refractivity contribution in [3.8, 4) is 0 Å². The van der Waals surface area contributed by atoms with Crippen LogP contribution in [0.15, 0.2) is 23.7 Å². The Kier molecular flexibility index (Phi) is 3.09. The second kappa shape index (κ2) is 4.35. The third kappa shape index (κ3) is 3.02. The fourth-order valence-electron chi connectivity index (χ4n) is 0.539. The van der Waals surface area contributed by atoms with Crippen molar-refractivity contribution in [2.45, 2.75) is 0 Å². The molecule has 0 saturated heterocycles. The molecule has 6 heteroatoms. The number of nitrogens with one attached hydrogen (secondary N) is 1. The monoisotopic (exact) mass is 181 g/mol. The molecule has 0 fully saturated rings. The Morgan fingerprint density at radius 2 is 2.50 bits per heavy atom. The van der Waals surface area contributed by atoms with Crippen molar-refractivity contribution in [3.63, 3.8) is 0 Å². The van der Waals surface area contributed by atoms with Crippen LogP contribution in [0.3, 0.4) is 0 Å². The number of rotatable bonds is 2. The summed E-state index contributed by atoms with van der Waals surface area (Å²) in [5.74, 6) is 0. The first kappa shape index (κ1) is 8.54. The van der Waals surface area contributed by atoms with E-state index in [4.69, 9.17) is 5.73 Å². The molecule has 0 aliphatic rings. The molecule has 0 unspecified atom stereocenters. The minimum Gasteiger partial charge on any atom is -0.375 e. The standard InChI is InChI=1S/C6H7N5S/c7-6(12)11-10-4-5-3-8-1-2-9-5/h1-4H,(H3,7,11,12). The zero-order valence-corrected chi connectivity index (χ0v) is 6.95. The smallest absolute Gasteiger partial charge is 0.184 e. The fraction of sp³-hybridized carbons (Fsp3) is 0. The van der Waals surface area contributed by atoms with E-state index in [-0.39, 0.29) is 5.11 Å². The van der Waals surface area contributed by atoms with Crippen molar-refractivity contribution in [1.82, 2.24) is 15.4 Å². The van der Waals surface area contributed by atoms with Crippen LogP contribution in [0, 0.1) is 0 Å². The predicted molar refractivity (Wildman–Crippen MR) is 49.5 cm³/mol. The van der Waals surface area contributed by atoms with Crippen LogP contribution < -0.4 is 11.2 Å². The van der Waals surface area contributed by atoms with Crippen LogP contribution in [0.25, 0.3) is 0 Å². The molecule has 12 heavy (non-hydrogen) atoms. The summed E-state index contributed by atoms with van der Waals surface area (Å²) in [4.78, 5) is 7.78. The number of aromatic nitrogens is 2. The Hall–Kier alpha value is -1.56. The summed E-state index contributed by atoms with van der Waals surface area (Å²) in [6.45, 7) is 0. The maximum atomic E-state index is 5.13. The SMILES string of the molecule is NC(=S)NN=Cc1cnccn1. The summed E-state index contributed by atoms with van der Waals surface area (Å²) < 4.78 is 0. The van der Waals surface area contributed by atoms with E-state index in [1.54, 1.807) is 18.6 Å². The van der Waals surface area contributed by atoms with Gasteiger partial charge in [-0.1, -0.05) is 0 Å². The molecule has 3 N–H and O–H groups in total. The molecular formula is C6H7N5S. The fourth-order valence-corrected chi connectivity index (χ4v) is 0.592. The summed E-state index contributed by atoms with van der Waals surface area (Å²) in [6.07, 6.45) is 6.21. The molecule has 1 rings (SSSR count). The van der Waals surface area contributed by atoms with Crippen molar-refractivity contribution in [2.24, 2.45) is 10.8 Å². The summed E-state index contributed by atoms with van der Waals surface area (Å²) in [6, 6.07) is 0. The molecule has 1 aromatic rings. The van der Waals surface area contributed by atoms with Crippen molar-refractivity contribution < 1.29 is 0 Å². The van der Waals surface area contributed by atoms with Gasteiger partial charge in [-0.3, -0.25) is 15.4 Å². The van der Waals surface area contributed by atoms with E-state index < -0.39 is 0 Å². The van der Waals surface area contributed by atoms with E-state index in [1.807, 2.05) is 0 Å². The third-order valence-electron chi connectivity index (χ3n) is 0.955. The predicted octanol–water partition coefficient (Wildman–Crippen LogP) is -0.356. The van der Waals surface area contributed by atoms with E-state index in [2.05, 4.69) is 32.7 Å². The van der Waals surface area contributed by atoms with Gasteiger partial charge in [-0.15, -0.1) is 0 Å². The van der Waals surface area contributed by atoms with Crippen molar-refractivity contribution in [2.75, 3.05) is 0 Å². The lowest BCUT2D eigenvalue weighted by atomic mass is 10.5. The molecule has 0 bridgehead atoms. The summed E-state index contributed by atoms with van der Waals surface area (Å²) >= 11 is 4.53. The zero-order valence-electron chi connectivity index (χ0n) is 6.14. The van der Waals surface area contributed by atoms with Crippen molar-refractivity contribution in [3.05, 3.63) is 24.3 Å². The maximum absolute atomic E-state index is 5.13. The maximum Gasteiger partial charge on any atom is 0.184 e. The average Bonchev–Trinajstić information content (AvgIpc) is 2.05. The second-order valence-electron chi connectivity index (χ2n) is 1.86. The molecule has 1 heterocycles. The third-order valence-corrected chi connectivity index (χ3v) is 1.05. The molecule has 1 aromatic heterocycles. The van der Waals surface area contributed by atoms with E-state index in [0.29, 0.717) is 5.69 Å². The molecule has 0 aromatic carbocycles. The van der Waals surface area contributed by atoms with Gasteiger partial charge in [-0.05, 0) is 12.2 Å². The molecule has 0 spiro atoms. The lowest BCUT2D eigenvalue weighted by molar-refractivity contribution is 1.04. The molecule has 0 radical (unpaired) electrons. The zero-order chi connectivity index (χ0) is 8.81. The van der Waals surface area contributed by atoms with Crippen LogP contribution in [-0.4, -0.2) is 21.3 Å². The van der Waals surface area contributed by atoms with Gasteiger partial charge in [-0.25, -0.2) is 0 Å².